The fraction of sp³-hybridized carbons (Fsp3) is 0.222. The lowest BCUT2D eigenvalue weighted by atomic mass is 10.1. The standard InChI is InChI=1S/C27H27FN6O/c28-20-6-4-19(5-7-20)25-17-26(33-27(29)32-25)31-21-8-10-23(11-9-21)35-24-12-13-30-22(16-24)18-34-14-2-1-3-15-34/h4-13,16-17H,1-3,14-15,18H2,(H3,29,31,32,33). The molecule has 0 atom stereocenters. The molecule has 0 bridgehead atoms. The number of pyridine rings is 1. The molecule has 1 saturated heterocycles. The van der Waals surface area contributed by atoms with E-state index >= 15 is 0 Å². The molecule has 2 aromatic carbocycles. The minimum Gasteiger partial charge on any atom is -0.457 e. The average Bonchev–Trinajstić information content (AvgIpc) is 2.86. The van der Waals surface area contributed by atoms with Gasteiger partial charge < -0.3 is 15.8 Å². The molecular weight excluding hydrogens is 443 g/mol. The predicted octanol–water partition coefficient (Wildman–Crippen LogP) is 5.78. The van der Waals surface area contributed by atoms with Gasteiger partial charge in [0.2, 0.25) is 5.95 Å². The number of hydrogen-bond acceptors (Lipinski definition) is 7. The van der Waals surface area contributed by atoms with Gasteiger partial charge in [0.25, 0.3) is 0 Å². The number of benzene rings is 2. The second kappa shape index (κ2) is 10.5. The van der Waals surface area contributed by atoms with E-state index in [0.29, 0.717) is 11.5 Å². The molecule has 0 spiro atoms. The molecule has 0 radical (unpaired) electrons. The maximum atomic E-state index is 13.2. The molecule has 3 N–H and O–H groups in total. The van der Waals surface area contributed by atoms with Gasteiger partial charge in [0, 0.05) is 36.1 Å². The van der Waals surface area contributed by atoms with Crippen LogP contribution in [0.4, 0.5) is 21.8 Å². The van der Waals surface area contributed by atoms with Crippen LogP contribution in [0, 0.1) is 5.82 Å². The lowest BCUT2D eigenvalue weighted by Crippen LogP contribution is -2.29. The molecule has 1 aliphatic heterocycles. The van der Waals surface area contributed by atoms with Crippen molar-refractivity contribution in [3.05, 3.63) is 84.4 Å². The molecule has 1 aliphatic rings. The molecule has 8 heteroatoms. The van der Waals surface area contributed by atoms with Gasteiger partial charge in [0.05, 0.1) is 11.4 Å². The number of nitrogens with zero attached hydrogens (tertiary/aromatic N) is 4. The molecule has 0 amide bonds. The monoisotopic (exact) mass is 470 g/mol. The molecule has 2 aromatic heterocycles. The normalized spacial score (nSPS) is 14.0. The van der Waals surface area contributed by atoms with E-state index in [1.54, 1.807) is 24.4 Å². The molecule has 0 aliphatic carbocycles. The van der Waals surface area contributed by atoms with E-state index in [4.69, 9.17) is 10.5 Å². The van der Waals surface area contributed by atoms with Crippen molar-refractivity contribution in [2.75, 3.05) is 24.1 Å². The highest BCUT2D eigenvalue weighted by molar-refractivity contribution is 5.67. The van der Waals surface area contributed by atoms with Crippen LogP contribution in [-0.2, 0) is 6.54 Å². The molecule has 178 valence electrons. The molecule has 0 unspecified atom stereocenters. The van der Waals surface area contributed by atoms with E-state index in [0.717, 1.165) is 48.1 Å². The highest BCUT2D eigenvalue weighted by atomic mass is 19.1. The number of nitrogens with two attached hydrogens (primary N) is 1. The maximum Gasteiger partial charge on any atom is 0.222 e. The number of aromatic nitrogens is 3. The first kappa shape index (κ1) is 22.7. The van der Waals surface area contributed by atoms with Gasteiger partial charge in [-0.05, 0) is 80.5 Å². The fourth-order valence-electron chi connectivity index (χ4n) is 4.14. The summed E-state index contributed by atoms with van der Waals surface area (Å²) in [6, 6.07) is 19.3. The third-order valence-electron chi connectivity index (χ3n) is 5.87. The van der Waals surface area contributed by atoms with Crippen LogP contribution in [0.25, 0.3) is 11.3 Å². The van der Waals surface area contributed by atoms with Crippen LogP contribution >= 0.6 is 0 Å². The van der Waals surface area contributed by atoms with Crippen LogP contribution in [0.5, 0.6) is 11.5 Å². The minimum absolute atomic E-state index is 0.132. The Kier molecular flexibility index (Phi) is 6.81. The molecule has 5 rings (SSSR count). The topological polar surface area (TPSA) is 89.2 Å². The quantitative estimate of drug-likeness (QED) is 0.354. The second-order valence-corrected chi connectivity index (χ2v) is 8.57. The fourth-order valence-corrected chi connectivity index (χ4v) is 4.14. The minimum atomic E-state index is -0.304. The van der Waals surface area contributed by atoms with Crippen molar-refractivity contribution < 1.29 is 9.13 Å². The molecule has 3 heterocycles. The van der Waals surface area contributed by atoms with E-state index < -0.39 is 0 Å². The van der Waals surface area contributed by atoms with Gasteiger partial charge in [0.15, 0.2) is 0 Å². The van der Waals surface area contributed by atoms with Crippen LogP contribution in [-0.4, -0.2) is 32.9 Å². The van der Waals surface area contributed by atoms with Gasteiger partial charge in [-0.15, -0.1) is 0 Å². The lowest BCUT2D eigenvalue weighted by molar-refractivity contribution is 0.218. The summed E-state index contributed by atoms with van der Waals surface area (Å²) in [5.41, 5.74) is 9.10. The van der Waals surface area contributed by atoms with Gasteiger partial charge in [-0.1, -0.05) is 6.42 Å². The van der Waals surface area contributed by atoms with E-state index in [1.807, 2.05) is 36.4 Å². The van der Waals surface area contributed by atoms with E-state index in [2.05, 4.69) is 25.2 Å². The molecule has 0 saturated carbocycles. The molecule has 7 nitrogen and oxygen atoms in total. The van der Waals surface area contributed by atoms with Crippen LogP contribution in [0.2, 0.25) is 0 Å². The van der Waals surface area contributed by atoms with Crippen molar-refractivity contribution in [2.24, 2.45) is 0 Å². The summed E-state index contributed by atoms with van der Waals surface area (Å²) >= 11 is 0. The Bertz CT molecular complexity index is 1270. The molecule has 1 fully saturated rings. The van der Waals surface area contributed by atoms with Crippen LogP contribution in [0.15, 0.2) is 72.9 Å². The Balaban J connectivity index is 1.24. The number of likely N-dealkylation sites (tertiary alicyclic amines) is 1. The number of rotatable bonds is 7. The first-order valence-corrected chi connectivity index (χ1v) is 11.7. The third-order valence-corrected chi connectivity index (χ3v) is 5.87. The zero-order chi connectivity index (χ0) is 24.0. The van der Waals surface area contributed by atoms with Crippen molar-refractivity contribution in [3.63, 3.8) is 0 Å². The van der Waals surface area contributed by atoms with E-state index in [1.165, 1.54) is 31.4 Å². The lowest BCUT2D eigenvalue weighted by Gasteiger charge is -2.25. The average molecular weight is 471 g/mol. The van der Waals surface area contributed by atoms with Crippen LogP contribution in [0.3, 0.4) is 0 Å². The summed E-state index contributed by atoms with van der Waals surface area (Å²) in [7, 11) is 0. The third kappa shape index (κ3) is 6.10. The molecular formula is C27H27FN6O. The number of anilines is 3. The van der Waals surface area contributed by atoms with Crippen molar-refractivity contribution in [1.82, 2.24) is 19.9 Å². The van der Waals surface area contributed by atoms with Crippen molar-refractivity contribution >= 4 is 17.5 Å². The highest BCUT2D eigenvalue weighted by Gasteiger charge is 2.12. The van der Waals surface area contributed by atoms with Crippen molar-refractivity contribution in [3.8, 4) is 22.8 Å². The van der Waals surface area contributed by atoms with Gasteiger partial charge in [-0.2, -0.15) is 4.98 Å². The van der Waals surface area contributed by atoms with Crippen molar-refractivity contribution in [1.29, 1.82) is 0 Å². The van der Waals surface area contributed by atoms with Gasteiger partial charge in [-0.25, -0.2) is 9.37 Å². The summed E-state index contributed by atoms with van der Waals surface area (Å²) in [5.74, 6) is 1.86. The number of nitrogen functional groups attached to an aromatic ring is 1. The predicted molar refractivity (Wildman–Crippen MR) is 135 cm³/mol. The smallest absolute Gasteiger partial charge is 0.222 e. The summed E-state index contributed by atoms with van der Waals surface area (Å²) in [4.78, 5) is 15.5. The summed E-state index contributed by atoms with van der Waals surface area (Å²) in [5, 5.41) is 3.24. The first-order valence-electron chi connectivity index (χ1n) is 11.7. The number of halogens is 1. The Morgan fingerprint density at radius 3 is 2.43 bits per heavy atom. The van der Waals surface area contributed by atoms with E-state index in [-0.39, 0.29) is 11.8 Å². The SMILES string of the molecule is Nc1nc(Nc2ccc(Oc3ccnc(CN4CCCCC4)c3)cc2)cc(-c2ccc(F)cc2)n1. The Hall–Kier alpha value is -4.04. The number of hydrogen-bond donors (Lipinski definition) is 2. The largest absolute Gasteiger partial charge is 0.457 e. The van der Waals surface area contributed by atoms with Gasteiger partial charge in [0.1, 0.15) is 23.1 Å². The molecule has 4 aromatic rings. The Labute approximate surface area is 203 Å². The Morgan fingerprint density at radius 2 is 1.66 bits per heavy atom. The second-order valence-electron chi connectivity index (χ2n) is 8.57. The Morgan fingerprint density at radius 1 is 0.886 bits per heavy atom. The summed E-state index contributed by atoms with van der Waals surface area (Å²) < 4.78 is 19.3. The van der Waals surface area contributed by atoms with Gasteiger partial charge in [-0.3, -0.25) is 9.88 Å². The number of nitrogens with one attached hydrogen (secondary N) is 1. The summed E-state index contributed by atoms with van der Waals surface area (Å²) in [6.45, 7) is 3.11. The highest BCUT2D eigenvalue weighted by Crippen LogP contribution is 2.27. The zero-order valence-corrected chi connectivity index (χ0v) is 19.3. The van der Waals surface area contributed by atoms with Gasteiger partial charge >= 0.3 is 0 Å². The number of ether oxygens (including phenoxy) is 1. The summed E-state index contributed by atoms with van der Waals surface area (Å²) in [6.07, 6.45) is 5.62. The zero-order valence-electron chi connectivity index (χ0n) is 19.3. The molecule has 35 heavy (non-hydrogen) atoms. The van der Waals surface area contributed by atoms with Crippen LogP contribution in [0.1, 0.15) is 25.0 Å². The number of piperidine rings is 1. The first-order chi connectivity index (χ1) is 17.1. The van der Waals surface area contributed by atoms with Crippen LogP contribution < -0.4 is 15.8 Å². The van der Waals surface area contributed by atoms with E-state index in [9.17, 15) is 4.39 Å². The maximum absolute atomic E-state index is 13.2. The van der Waals surface area contributed by atoms with Crippen molar-refractivity contribution in [2.45, 2.75) is 25.8 Å².